The number of carbonyl (C=O) groups is 2. The topological polar surface area (TPSA) is 66.6 Å². The van der Waals surface area contributed by atoms with Crippen LogP contribution in [0.5, 0.6) is 0 Å². The Morgan fingerprint density at radius 2 is 2.33 bits per heavy atom. The normalized spacial score (nSPS) is 21.3. The van der Waals surface area contributed by atoms with Crippen molar-refractivity contribution in [2.75, 3.05) is 20.1 Å². The molecule has 15 heavy (non-hydrogen) atoms. The molecule has 5 heteroatoms. The van der Waals surface area contributed by atoms with E-state index in [2.05, 4.69) is 6.58 Å². The van der Waals surface area contributed by atoms with Crippen molar-refractivity contribution < 1.29 is 9.59 Å². The van der Waals surface area contributed by atoms with Crippen LogP contribution in [-0.2, 0) is 4.79 Å². The van der Waals surface area contributed by atoms with Gasteiger partial charge in [0.2, 0.25) is 5.91 Å². The van der Waals surface area contributed by atoms with Crippen molar-refractivity contribution >= 4 is 11.9 Å². The maximum atomic E-state index is 11.8. The number of primary amides is 1. The van der Waals surface area contributed by atoms with E-state index >= 15 is 0 Å². The van der Waals surface area contributed by atoms with Crippen LogP contribution in [0.1, 0.15) is 12.8 Å². The molecule has 1 aliphatic rings. The highest BCUT2D eigenvalue weighted by Crippen LogP contribution is 2.18. The van der Waals surface area contributed by atoms with Gasteiger partial charge in [0, 0.05) is 13.6 Å². The number of rotatable bonds is 3. The second-order valence-electron chi connectivity index (χ2n) is 3.68. The molecule has 0 spiro atoms. The lowest BCUT2D eigenvalue weighted by Crippen LogP contribution is -2.48. The first-order valence-corrected chi connectivity index (χ1v) is 5.00. The molecule has 1 unspecified atom stereocenters. The first kappa shape index (κ1) is 11.7. The average molecular weight is 211 g/mol. The van der Waals surface area contributed by atoms with E-state index in [1.807, 2.05) is 4.90 Å². The highest BCUT2D eigenvalue weighted by molar-refractivity contribution is 5.96. The molecule has 5 nitrogen and oxygen atoms in total. The zero-order chi connectivity index (χ0) is 11.4. The summed E-state index contributed by atoms with van der Waals surface area (Å²) in [7, 11) is 1.41. The molecule has 1 aliphatic heterocycles. The Hall–Kier alpha value is -1.36. The number of hydrogen-bond donors (Lipinski definition) is 1. The standard InChI is InChI=1S/C10H17N3O2/c1-3-6-13-7-4-5-8(13)9(14)12(2)10(11)15/h3,8H,1,4-7H2,2H3,(H2,11,15). The van der Waals surface area contributed by atoms with Crippen LogP contribution in [0.2, 0.25) is 0 Å². The fraction of sp³-hybridized carbons (Fsp3) is 0.600. The molecule has 1 saturated heterocycles. The van der Waals surface area contributed by atoms with Crippen molar-refractivity contribution in [3.63, 3.8) is 0 Å². The van der Waals surface area contributed by atoms with E-state index < -0.39 is 6.03 Å². The third-order valence-corrected chi connectivity index (χ3v) is 2.67. The van der Waals surface area contributed by atoms with Crippen molar-refractivity contribution in [3.05, 3.63) is 12.7 Å². The Bertz CT molecular complexity index is 278. The van der Waals surface area contributed by atoms with Crippen molar-refractivity contribution in [2.24, 2.45) is 5.73 Å². The van der Waals surface area contributed by atoms with E-state index in [1.165, 1.54) is 7.05 Å². The summed E-state index contributed by atoms with van der Waals surface area (Å²) in [6.45, 7) is 5.18. The minimum Gasteiger partial charge on any atom is -0.351 e. The zero-order valence-electron chi connectivity index (χ0n) is 8.98. The third-order valence-electron chi connectivity index (χ3n) is 2.67. The van der Waals surface area contributed by atoms with Gasteiger partial charge in [-0.15, -0.1) is 6.58 Å². The number of nitrogens with zero attached hydrogens (tertiary/aromatic N) is 2. The summed E-state index contributed by atoms with van der Waals surface area (Å²) in [6.07, 6.45) is 3.51. The highest BCUT2D eigenvalue weighted by atomic mass is 16.2. The number of nitrogens with two attached hydrogens (primary N) is 1. The summed E-state index contributed by atoms with van der Waals surface area (Å²) in [4.78, 5) is 25.7. The molecule has 84 valence electrons. The number of urea groups is 1. The Labute approximate surface area is 89.5 Å². The summed E-state index contributed by atoms with van der Waals surface area (Å²) in [5.41, 5.74) is 5.05. The van der Waals surface area contributed by atoms with Crippen molar-refractivity contribution in [2.45, 2.75) is 18.9 Å². The van der Waals surface area contributed by atoms with Crippen LogP contribution in [0.15, 0.2) is 12.7 Å². The van der Waals surface area contributed by atoms with Gasteiger partial charge in [-0.25, -0.2) is 4.79 Å². The number of imide groups is 1. The van der Waals surface area contributed by atoms with Gasteiger partial charge < -0.3 is 5.73 Å². The van der Waals surface area contributed by atoms with Crippen LogP contribution in [0.25, 0.3) is 0 Å². The smallest absolute Gasteiger partial charge is 0.321 e. The molecule has 0 aromatic rings. The van der Waals surface area contributed by atoms with Crippen molar-refractivity contribution in [3.8, 4) is 0 Å². The summed E-state index contributed by atoms with van der Waals surface area (Å²) < 4.78 is 0. The number of likely N-dealkylation sites (N-methyl/N-ethyl adjacent to an activating group) is 1. The van der Waals surface area contributed by atoms with Gasteiger partial charge in [-0.1, -0.05) is 6.08 Å². The van der Waals surface area contributed by atoms with Crippen molar-refractivity contribution in [1.29, 1.82) is 0 Å². The molecule has 2 N–H and O–H groups in total. The van der Waals surface area contributed by atoms with Gasteiger partial charge in [0.05, 0.1) is 6.04 Å². The second kappa shape index (κ2) is 4.93. The zero-order valence-corrected chi connectivity index (χ0v) is 8.98. The van der Waals surface area contributed by atoms with E-state index in [0.717, 1.165) is 24.3 Å². The minimum atomic E-state index is -0.703. The van der Waals surface area contributed by atoms with Crippen LogP contribution in [0, 0.1) is 0 Å². The quantitative estimate of drug-likeness (QED) is 0.677. The maximum Gasteiger partial charge on any atom is 0.321 e. The van der Waals surface area contributed by atoms with Gasteiger partial charge in [-0.3, -0.25) is 14.6 Å². The number of carbonyl (C=O) groups excluding carboxylic acids is 2. The number of hydrogen-bond acceptors (Lipinski definition) is 3. The summed E-state index contributed by atoms with van der Waals surface area (Å²) in [6, 6.07) is -0.925. The van der Waals surface area contributed by atoms with Crippen LogP contribution in [-0.4, -0.2) is 47.9 Å². The molecule has 0 aromatic carbocycles. The first-order valence-electron chi connectivity index (χ1n) is 5.00. The van der Waals surface area contributed by atoms with Crippen LogP contribution < -0.4 is 5.73 Å². The van der Waals surface area contributed by atoms with E-state index in [1.54, 1.807) is 6.08 Å². The molecule has 1 heterocycles. The lowest BCUT2D eigenvalue weighted by molar-refractivity contribution is -0.131. The molecule has 0 bridgehead atoms. The molecular formula is C10H17N3O2. The predicted molar refractivity (Wildman–Crippen MR) is 57.1 cm³/mol. The molecular weight excluding hydrogens is 194 g/mol. The molecule has 0 radical (unpaired) electrons. The van der Waals surface area contributed by atoms with E-state index in [4.69, 9.17) is 5.73 Å². The summed E-state index contributed by atoms with van der Waals surface area (Å²) in [5.74, 6) is -0.221. The molecule has 1 fully saturated rings. The summed E-state index contributed by atoms with van der Waals surface area (Å²) in [5, 5.41) is 0. The number of likely N-dealkylation sites (tertiary alicyclic amines) is 1. The average Bonchev–Trinajstić information content (AvgIpc) is 2.64. The minimum absolute atomic E-state index is 0.221. The predicted octanol–water partition coefficient (Wildman–Crippen LogP) is 0.174. The molecule has 0 aliphatic carbocycles. The van der Waals surface area contributed by atoms with Crippen molar-refractivity contribution in [1.82, 2.24) is 9.80 Å². The van der Waals surface area contributed by atoms with Gasteiger partial charge in [0.15, 0.2) is 0 Å². The number of amides is 3. The molecule has 3 amide bonds. The largest absolute Gasteiger partial charge is 0.351 e. The second-order valence-corrected chi connectivity index (χ2v) is 3.68. The Morgan fingerprint density at radius 1 is 1.67 bits per heavy atom. The van der Waals surface area contributed by atoms with Crippen LogP contribution in [0.4, 0.5) is 4.79 Å². The Morgan fingerprint density at radius 3 is 2.87 bits per heavy atom. The van der Waals surface area contributed by atoms with Gasteiger partial charge in [0.1, 0.15) is 0 Å². The van der Waals surface area contributed by atoms with Gasteiger partial charge >= 0.3 is 6.03 Å². The molecule has 1 atom stereocenters. The lowest BCUT2D eigenvalue weighted by atomic mass is 10.2. The van der Waals surface area contributed by atoms with Gasteiger partial charge in [0.25, 0.3) is 0 Å². The highest BCUT2D eigenvalue weighted by Gasteiger charge is 2.32. The fourth-order valence-corrected chi connectivity index (χ4v) is 1.82. The van der Waals surface area contributed by atoms with Crippen LogP contribution in [0.3, 0.4) is 0 Å². The maximum absolute atomic E-state index is 11.8. The van der Waals surface area contributed by atoms with E-state index in [-0.39, 0.29) is 11.9 Å². The Balaban J connectivity index is 2.65. The van der Waals surface area contributed by atoms with E-state index in [0.29, 0.717) is 6.54 Å². The Kier molecular flexibility index (Phi) is 3.85. The third kappa shape index (κ3) is 2.56. The van der Waals surface area contributed by atoms with E-state index in [9.17, 15) is 9.59 Å². The molecule has 0 aromatic heterocycles. The fourth-order valence-electron chi connectivity index (χ4n) is 1.82. The SMILES string of the molecule is C=CCN1CCCC1C(=O)N(C)C(N)=O. The summed E-state index contributed by atoms with van der Waals surface area (Å²) >= 11 is 0. The van der Waals surface area contributed by atoms with Gasteiger partial charge in [-0.2, -0.15) is 0 Å². The molecule has 1 rings (SSSR count). The van der Waals surface area contributed by atoms with Gasteiger partial charge in [-0.05, 0) is 19.4 Å². The lowest BCUT2D eigenvalue weighted by Gasteiger charge is -2.24. The first-order chi connectivity index (χ1) is 7.07. The van der Waals surface area contributed by atoms with Crippen LogP contribution >= 0.6 is 0 Å². The monoisotopic (exact) mass is 211 g/mol. The molecule has 0 saturated carbocycles.